The van der Waals surface area contributed by atoms with Crippen molar-refractivity contribution in [3.8, 4) is 17.1 Å². The summed E-state index contributed by atoms with van der Waals surface area (Å²) in [5, 5.41) is 3.99. The number of benzene rings is 1. The number of hydrogen-bond donors (Lipinski definition) is 0. The number of ether oxygens (including phenoxy) is 1. The predicted molar refractivity (Wildman–Crippen MR) is 82.5 cm³/mol. The zero-order valence-corrected chi connectivity index (χ0v) is 12.8. The van der Waals surface area contributed by atoms with Crippen molar-refractivity contribution < 1.29 is 9.26 Å². The molecule has 0 N–H and O–H groups in total. The Morgan fingerprint density at radius 1 is 1.05 bits per heavy atom. The van der Waals surface area contributed by atoms with Gasteiger partial charge in [0.25, 0.3) is 5.89 Å². The van der Waals surface area contributed by atoms with Crippen molar-refractivity contribution in [2.24, 2.45) is 0 Å². The molecule has 0 fully saturated rings. The van der Waals surface area contributed by atoms with Crippen molar-refractivity contribution in [1.29, 1.82) is 0 Å². The lowest BCUT2D eigenvalue weighted by atomic mass is 10.1. The molecule has 3 aromatic rings. The molecule has 5 heteroatoms. The van der Waals surface area contributed by atoms with Crippen LogP contribution < -0.4 is 4.74 Å². The van der Waals surface area contributed by atoms with Gasteiger partial charge in [-0.05, 0) is 56.2 Å². The average Bonchev–Trinajstić information content (AvgIpc) is 3.02. The molecule has 0 amide bonds. The molecule has 5 nitrogen and oxygen atoms in total. The van der Waals surface area contributed by atoms with E-state index in [1.165, 1.54) is 11.1 Å². The number of pyridine rings is 1. The Balaban J connectivity index is 1.77. The van der Waals surface area contributed by atoms with Crippen LogP contribution in [0.15, 0.2) is 47.2 Å². The van der Waals surface area contributed by atoms with E-state index >= 15 is 0 Å². The third-order valence-corrected chi connectivity index (χ3v) is 3.52. The van der Waals surface area contributed by atoms with Gasteiger partial charge in [-0.15, -0.1) is 0 Å². The van der Waals surface area contributed by atoms with E-state index in [0.29, 0.717) is 11.7 Å². The molecule has 0 saturated heterocycles. The highest BCUT2D eigenvalue weighted by molar-refractivity contribution is 5.52. The lowest BCUT2D eigenvalue weighted by Gasteiger charge is -2.12. The molecule has 0 bridgehead atoms. The van der Waals surface area contributed by atoms with Crippen LogP contribution in [0.4, 0.5) is 0 Å². The van der Waals surface area contributed by atoms with Crippen LogP contribution in [0.25, 0.3) is 11.4 Å². The second-order valence-electron chi connectivity index (χ2n) is 5.20. The monoisotopic (exact) mass is 295 g/mol. The maximum absolute atomic E-state index is 5.88. The molecule has 2 aromatic heterocycles. The van der Waals surface area contributed by atoms with Crippen molar-refractivity contribution >= 4 is 0 Å². The lowest BCUT2D eigenvalue weighted by Crippen LogP contribution is -2.03. The Kier molecular flexibility index (Phi) is 3.87. The van der Waals surface area contributed by atoms with Crippen LogP contribution in [-0.2, 0) is 0 Å². The molecule has 0 radical (unpaired) electrons. The van der Waals surface area contributed by atoms with Crippen molar-refractivity contribution in [3.63, 3.8) is 0 Å². The fourth-order valence-electron chi connectivity index (χ4n) is 2.06. The predicted octanol–water partition coefficient (Wildman–Crippen LogP) is 3.89. The minimum Gasteiger partial charge on any atom is -0.481 e. The van der Waals surface area contributed by atoms with E-state index in [1.807, 2.05) is 37.3 Å². The molecule has 112 valence electrons. The van der Waals surface area contributed by atoms with Gasteiger partial charge >= 0.3 is 0 Å². The van der Waals surface area contributed by atoms with Gasteiger partial charge in [0.2, 0.25) is 5.82 Å². The van der Waals surface area contributed by atoms with Gasteiger partial charge in [-0.3, -0.25) is 4.98 Å². The van der Waals surface area contributed by atoms with Gasteiger partial charge in [0, 0.05) is 18.0 Å². The fraction of sp³-hybridized carbons (Fsp3) is 0.235. The standard InChI is InChI=1S/C17H17N3O2/c1-11-4-5-15(10-12(11)2)21-13(3)17-19-16(20-22-17)14-6-8-18-9-7-14/h4-10,13H,1-3H3/t13-/m0/s1. The van der Waals surface area contributed by atoms with Gasteiger partial charge in [-0.1, -0.05) is 11.2 Å². The summed E-state index contributed by atoms with van der Waals surface area (Å²) in [7, 11) is 0. The molecule has 0 saturated carbocycles. The van der Waals surface area contributed by atoms with Crippen molar-refractivity contribution in [2.75, 3.05) is 0 Å². The number of hydrogen-bond acceptors (Lipinski definition) is 5. The van der Waals surface area contributed by atoms with Crippen molar-refractivity contribution in [3.05, 3.63) is 59.7 Å². The molecule has 22 heavy (non-hydrogen) atoms. The van der Waals surface area contributed by atoms with E-state index in [-0.39, 0.29) is 6.10 Å². The van der Waals surface area contributed by atoms with Gasteiger partial charge < -0.3 is 9.26 Å². The Morgan fingerprint density at radius 2 is 1.82 bits per heavy atom. The van der Waals surface area contributed by atoms with Crippen LogP contribution in [-0.4, -0.2) is 15.1 Å². The highest BCUT2D eigenvalue weighted by Gasteiger charge is 2.17. The molecule has 0 spiro atoms. The first kappa shape index (κ1) is 14.3. The lowest BCUT2D eigenvalue weighted by molar-refractivity contribution is 0.175. The highest BCUT2D eigenvalue weighted by Crippen LogP contribution is 2.24. The van der Waals surface area contributed by atoms with E-state index in [4.69, 9.17) is 9.26 Å². The van der Waals surface area contributed by atoms with E-state index in [2.05, 4.69) is 29.0 Å². The maximum atomic E-state index is 5.88. The summed E-state index contributed by atoms with van der Waals surface area (Å²) in [4.78, 5) is 8.36. The first-order chi connectivity index (χ1) is 10.6. The van der Waals surface area contributed by atoms with Crippen molar-refractivity contribution in [1.82, 2.24) is 15.1 Å². The summed E-state index contributed by atoms with van der Waals surface area (Å²) in [5.41, 5.74) is 3.29. The van der Waals surface area contributed by atoms with Crippen LogP contribution in [0, 0.1) is 13.8 Å². The normalized spacial score (nSPS) is 12.1. The van der Waals surface area contributed by atoms with Gasteiger partial charge in [-0.2, -0.15) is 4.98 Å². The van der Waals surface area contributed by atoms with Crippen LogP contribution in [0.5, 0.6) is 5.75 Å². The van der Waals surface area contributed by atoms with Crippen LogP contribution in [0.1, 0.15) is 30.0 Å². The van der Waals surface area contributed by atoms with Gasteiger partial charge in [0.15, 0.2) is 6.10 Å². The Bertz CT molecular complexity index is 769. The summed E-state index contributed by atoms with van der Waals surface area (Å²) in [6.07, 6.45) is 3.07. The zero-order chi connectivity index (χ0) is 15.5. The van der Waals surface area contributed by atoms with Crippen LogP contribution in [0.3, 0.4) is 0 Å². The first-order valence-electron chi connectivity index (χ1n) is 7.11. The Labute approximate surface area is 129 Å². The Hall–Kier alpha value is -2.69. The molecule has 0 aliphatic heterocycles. The first-order valence-corrected chi connectivity index (χ1v) is 7.11. The van der Waals surface area contributed by atoms with Gasteiger partial charge in [0.1, 0.15) is 5.75 Å². The molecular weight excluding hydrogens is 278 g/mol. The highest BCUT2D eigenvalue weighted by atomic mass is 16.5. The molecule has 0 unspecified atom stereocenters. The van der Waals surface area contributed by atoms with Gasteiger partial charge in [-0.25, -0.2) is 0 Å². The van der Waals surface area contributed by atoms with E-state index in [1.54, 1.807) is 12.4 Å². The van der Waals surface area contributed by atoms with Crippen molar-refractivity contribution in [2.45, 2.75) is 26.9 Å². The molecule has 0 aliphatic rings. The summed E-state index contributed by atoms with van der Waals surface area (Å²) in [6.45, 7) is 6.02. The SMILES string of the molecule is Cc1ccc(O[C@@H](C)c2nc(-c3ccncc3)no2)cc1C. The summed E-state index contributed by atoms with van der Waals surface area (Å²) >= 11 is 0. The minimum absolute atomic E-state index is 0.315. The molecule has 3 rings (SSSR count). The average molecular weight is 295 g/mol. The third kappa shape index (κ3) is 2.98. The molecule has 1 atom stereocenters. The summed E-state index contributed by atoms with van der Waals surface area (Å²) in [6, 6.07) is 9.66. The fourth-order valence-corrected chi connectivity index (χ4v) is 2.06. The molecular formula is C17H17N3O2. The molecule has 0 aliphatic carbocycles. The summed E-state index contributed by atoms with van der Waals surface area (Å²) < 4.78 is 11.2. The van der Waals surface area contributed by atoms with Crippen LogP contribution in [0.2, 0.25) is 0 Å². The minimum atomic E-state index is -0.315. The second kappa shape index (κ2) is 5.97. The Morgan fingerprint density at radius 3 is 2.55 bits per heavy atom. The van der Waals surface area contributed by atoms with Gasteiger partial charge in [0.05, 0.1) is 0 Å². The van der Waals surface area contributed by atoms with E-state index < -0.39 is 0 Å². The topological polar surface area (TPSA) is 61.0 Å². The second-order valence-corrected chi connectivity index (χ2v) is 5.20. The molecule has 1 aromatic carbocycles. The quantitative estimate of drug-likeness (QED) is 0.730. The number of nitrogens with zero attached hydrogens (tertiary/aromatic N) is 3. The van der Waals surface area contributed by atoms with Crippen LogP contribution >= 0.6 is 0 Å². The maximum Gasteiger partial charge on any atom is 0.267 e. The number of rotatable bonds is 4. The number of aromatic nitrogens is 3. The molecule has 2 heterocycles. The third-order valence-electron chi connectivity index (χ3n) is 3.52. The zero-order valence-electron chi connectivity index (χ0n) is 12.8. The largest absolute Gasteiger partial charge is 0.481 e. The summed E-state index contributed by atoms with van der Waals surface area (Å²) in [5.74, 6) is 1.78. The van der Waals surface area contributed by atoms with E-state index in [0.717, 1.165) is 11.3 Å². The van der Waals surface area contributed by atoms with E-state index in [9.17, 15) is 0 Å². The smallest absolute Gasteiger partial charge is 0.267 e. The number of aryl methyl sites for hydroxylation is 2.